The number of imidazole rings is 1. The SMILES string of the molecule is CNc1nc(N)nc2c1ncn2[C@@H]1O[C@H](CO[P@@](=O)(N[C@@H](C)C(=O)OC(C)C)Oc2ccccc2)[C@@H](O)[C@@H]1C(F)(F)F. The van der Waals surface area contributed by atoms with Crippen LogP contribution in [0.2, 0.25) is 0 Å². The Labute approximate surface area is 238 Å². The Balaban J connectivity index is 1.61. The van der Waals surface area contributed by atoms with Crippen LogP contribution in [0.25, 0.3) is 11.2 Å². The van der Waals surface area contributed by atoms with Gasteiger partial charge in [0.2, 0.25) is 5.95 Å². The molecule has 0 bridgehead atoms. The maximum Gasteiger partial charge on any atom is 0.459 e. The number of aliphatic hydroxyl groups excluding tert-OH is 1. The number of halogens is 3. The molecule has 14 nitrogen and oxygen atoms in total. The monoisotopic (exact) mass is 617 g/mol. The second-order valence-electron chi connectivity index (χ2n) is 9.66. The van der Waals surface area contributed by atoms with Gasteiger partial charge < -0.3 is 30.2 Å². The molecule has 42 heavy (non-hydrogen) atoms. The molecule has 6 atom stereocenters. The van der Waals surface area contributed by atoms with Gasteiger partial charge in [0.25, 0.3) is 0 Å². The number of aliphatic hydroxyl groups is 1. The van der Waals surface area contributed by atoms with E-state index in [-0.39, 0.29) is 28.7 Å². The predicted molar refractivity (Wildman–Crippen MR) is 143 cm³/mol. The van der Waals surface area contributed by atoms with Crippen molar-refractivity contribution >= 4 is 36.6 Å². The minimum Gasteiger partial charge on any atom is -0.462 e. The van der Waals surface area contributed by atoms with Gasteiger partial charge in [-0.3, -0.25) is 13.9 Å². The van der Waals surface area contributed by atoms with Crippen LogP contribution in [-0.2, 0) is 23.4 Å². The Kier molecular flexibility index (Phi) is 9.27. The highest BCUT2D eigenvalue weighted by Gasteiger charge is 2.58. The van der Waals surface area contributed by atoms with E-state index in [0.29, 0.717) is 0 Å². The third kappa shape index (κ3) is 6.93. The highest BCUT2D eigenvalue weighted by Crippen LogP contribution is 2.49. The number of para-hydroxylation sites is 1. The van der Waals surface area contributed by atoms with Gasteiger partial charge in [0, 0.05) is 7.05 Å². The van der Waals surface area contributed by atoms with Gasteiger partial charge in [-0.1, -0.05) is 18.2 Å². The number of nitrogens with one attached hydrogen (secondary N) is 2. The van der Waals surface area contributed by atoms with Crippen LogP contribution in [0.3, 0.4) is 0 Å². The van der Waals surface area contributed by atoms with Crippen molar-refractivity contribution in [2.45, 2.75) is 57.5 Å². The van der Waals surface area contributed by atoms with Crippen LogP contribution in [0.5, 0.6) is 5.75 Å². The van der Waals surface area contributed by atoms with Gasteiger partial charge in [-0.05, 0) is 32.9 Å². The first-order valence-electron chi connectivity index (χ1n) is 12.8. The molecule has 18 heteroatoms. The van der Waals surface area contributed by atoms with Gasteiger partial charge in [-0.2, -0.15) is 28.2 Å². The van der Waals surface area contributed by atoms with E-state index < -0.39 is 63.0 Å². The molecular weight excluding hydrogens is 586 g/mol. The lowest BCUT2D eigenvalue weighted by atomic mass is 9.99. The Morgan fingerprint density at radius 2 is 1.93 bits per heavy atom. The largest absolute Gasteiger partial charge is 0.462 e. The van der Waals surface area contributed by atoms with Crippen molar-refractivity contribution in [2.24, 2.45) is 5.92 Å². The highest BCUT2D eigenvalue weighted by molar-refractivity contribution is 7.52. The van der Waals surface area contributed by atoms with Crippen LogP contribution < -0.4 is 20.7 Å². The third-order valence-corrected chi connectivity index (χ3v) is 7.78. The number of aromatic nitrogens is 4. The van der Waals surface area contributed by atoms with E-state index in [1.54, 1.807) is 32.0 Å². The average Bonchev–Trinajstić information content (AvgIpc) is 3.47. The summed E-state index contributed by atoms with van der Waals surface area (Å²) in [7, 11) is -2.94. The molecule has 0 radical (unpaired) electrons. The number of alkyl halides is 3. The van der Waals surface area contributed by atoms with Crippen LogP contribution in [0.15, 0.2) is 36.7 Å². The fraction of sp³-hybridized carbons (Fsp3) is 0.500. The molecule has 4 rings (SSSR count). The van der Waals surface area contributed by atoms with E-state index in [1.165, 1.54) is 26.1 Å². The number of hydrogen-bond acceptors (Lipinski definition) is 12. The number of ether oxygens (including phenoxy) is 2. The van der Waals surface area contributed by atoms with E-state index in [0.717, 1.165) is 10.9 Å². The zero-order valence-electron chi connectivity index (χ0n) is 23.0. The Bertz CT molecular complexity index is 1440. The molecule has 1 aliphatic heterocycles. The van der Waals surface area contributed by atoms with Crippen molar-refractivity contribution in [1.82, 2.24) is 24.6 Å². The maximum atomic E-state index is 14.3. The summed E-state index contributed by atoms with van der Waals surface area (Å²) in [5, 5.41) is 16.0. The minimum atomic E-state index is -4.95. The molecule has 5 N–H and O–H groups in total. The first-order valence-corrected chi connectivity index (χ1v) is 14.3. The number of esters is 1. The molecule has 1 fully saturated rings. The van der Waals surface area contributed by atoms with Crippen molar-refractivity contribution in [2.75, 3.05) is 24.7 Å². The summed E-state index contributed by atoms with van der Waals surface area (Å²) in [4.78, 5) is 24.4. The van der Waals surface area contributed by atoms with E-state index in [9.17, 15) is 27.6 Å². The van der Waals surface area contributed by atoms with Crippen LogP contribution in [-0.4, -0.2) is 74.8 Å². The topological polar surface area (TPSA) is 185 Å². The van der Waals surface area contributed by atoms with E-state index in [4.69, 9.17) is 24.3 Å². The number of anilines is 2. The second kappa shape index (κ2) is 12.4. The Hall–Kier alpha value is -3.50. The molecule has 3 aromatic rings. The fourth-order valence-corrected chi connectivity index (χ4v) is 5.78. The van der Waals surface area contributed by atoms with E-state index in [1.807, 2.05) is 0 Å². The van der Waals surface area contributed by atoms with Gasteiger partial charge in [-0.15, -0.1) is 0 Å². The Morgan fingerprint density at radius 3 is 2.55 bits per heavy atom. The number of carbonyl (C=O) groups excluding carboxylic acids is 1. The summed E-state index contributed by atoms with van der Waals surface area (Å²) in [6, 6.07) is 6.57. The van der Waals surface area contributed by atoms with Crippen molar-refractivity contribution in [1.29, 1.82) is 0 Å². The quantitative estimate of drug-likeness (QED) is 0.182. The molecule has 0 saturated carbocycles. The minimum absolute atomic E-state index is 0.0721. The molecule has 1 aliphatic rings. The molecule has 3 heterocycles. The first kappa shape index (κ1) is 31.4. The summed E-state index contributed by atoms with van der Waals surface area (Å²) in [6.45, 7) is 3.77. The fourth-order valence-electron chi connectivity index (χ4n) is 4.28. The van der Waals surface area contributed by atoms with Crippen molar-refractivity contribution < 1.29 is 46.2 Å². The van der Waals surface area contributed by atoms with Gasteiger partial charge in [0.05, 0.1) is 25.1 Å². The number of nitrogens with zero attached hydrogens (tertiary/aromatic N) is 4. The average molecular weight is 618 g/mol. The summed E-state index contributed by atoms with van der Waals surface area (Å²) in [5.74, 6) is -3.20. The molecule has 0 unspecified atom stereocenters. The molecule has 0 amide bonds. The first-order chi connectivity index (χ1) is 19.7. The lowest BCUT2D eigenvalue weighted by Crippen LogP contribution is -2.40. The molecule has 230 valence electrons. The second-order valence-corrected chi connectivity index (χ2v) is 11.4. The zero-order valence-corrected chi connectivity index (χ0v) is 23.9. The van der Waals surface area contributed by atoms with Crippen molar-refractivity contribution in [3.63, 3.8) is 0 Å². The van der Waals surface area contributed by atoms with Crippen LogP contribution in [0.1, 0.15) is 27.0 Å². The molecule has 2 aromatic heterocycles. The van der Waals surface area contributed by atoms with Crippen LogP contribution in [0.4, 0.5) is 24.9 Å². The number of fused-ring (bicyclic) bond motifs is 1. The van der Waals surface area contributed by atoms with E-state index >= 15 is 0 Å². The number of benzene rings is 1. The van der Waals surface area contributed by atoms with Gasteiger partial charge >= 0.3 is 19.9 Å². The van der Waals surface area contributed by atoms with Gasteiger partial charge in [0.15, 0.2) is 23.2 Å². The lowest BCUT2D eigenvalue weighted by molar-refractivity contribution is -0.210. The van der Waals surface area contributed by atoms with Crippen LogP contribution >= 0.6 is 7.75 Å². The number of hydrogen-bond donors (Lipinski definition) is 4. The number of nitrogens with two attached hydrogens (primary N) is 1. The van der Waals surface area contributed by atoms with E-state index in [2.05, 4.69) is 25.4 Å². The molecule has 1 aromatic carbocycles. The molecule has 0 spiro atoms. The summed E-state index contributed by atoms with van der Waals surface area (Å²) >= 11 is 0. The normalized spacial score (nSPS) is 23.1. The van der Waals surface area contributed by atoms with Gasteiger partial charge in [-0.25, -0.2) is 9.55 Å². The van der Waals surface area contributed by atoms with Crippen molar-refractivity contribution in [3.05, 3.63) is 36.7 Å². The zero-order chi connectivity index (χ0) is 30.8. The number of nitrogen functional groups attached to an aromatic ring is 1. The standard InChI is InChI=1S/C24H31F3N7O7P/c1-12(2)39-22(36)13(3)33-42(37,41-14-8-6-5-7-9-14)38-10-15-18(35)16(24(25,26)27)21(40-15)34-11-30-17-19(29-4)31-23(28)32-20(17)34/h5-9,11-13,15-16,18,21,35H,10H2,1-4H3,(H,33,37)(H3,28,29,31,32)/t13-,15+,16-,18+,21+,42-/m0/s1. The molecule has 0 aliphatic carbocycles. The maximum absolute atomic E-state index is 14.3. The van der Waals surface area contributed by atoms with Crippen LogP contribution in [0, 0.1) is 5.92 Å². The summed E-state index contributed by atoms with van der Waals surface area (Å²) in [5.41, 5.74) is 5.78. The number of rotatable bonds is 11. The van der Waals surface area contributed by atoms with Gasteiger partial charge in [0.1, 0.15) is 23.8 Å². The van der Waals surface area contributed by atoms with Crippen molar-refractivity contribution in [3.8, 4) is 5.75 Å². The Morgan fingerprint density at radius 1 is 1.24 bits per heavy atom. The molecular formula is C24H31F3N7O7P. The summed E-state index contributed by atoms with van der Waals surface area (Å²) < 4.78 is 79.2. The lowest BCUT2D eigenvalue weighted by Gasteiger charge is -2.25. The number of carbonyl (C=O) groups is 1. The third-order valence-electron chi connectivity index (χ3n) is 6.13. The predicted octanol–water partition coefficient (Wildman–Crippen LogP) is 3.02. The summed E-state index contributed by atoms with van der Waals surface area (Å²) in [6.07, 6.45) is -10.0. The smallest absolute Gasteiger partial charge is 0.459 e. The molecule has 1 saturated heterocycles. The highest BCUT2D eigenvalue weighted by atomic mass is 31.2.